The number of phenols is 1. The minimum Gasteiger partial charge on any atom is -0.507 e. The van der Waals surface area contributed by atoms with E-state index in [0.717, 1.165) is 29.5 Å². The van der Waals surface area contributed by atoms with E-state index in [-0.39, 0.29) is 31.7 Å². The number of aromatic hydroxyl groups is 1. The quantitative estimate of drug-likeness (QED) is 0.459. The van der Waals surface area contributed by atoms with Gasteiger partial charge in [0.1, 0.15) is 5.75 Å². The van der Waals surface area contributed by atoms with Crippen LogP contribution in [0.3, 0.4) is 0 Å². The lowest BCUT2D eigenvalue weighted by Crippen LogP contribution is -2.18. The Hall–Kier alpha value is -1.51. The number of hydrogen-bond acceptors (Lipinski definition) is 3. The summed E-state index contributed by atoms with van der Waals surface area (Å²) in [5.41, 5.74) is 2.65. The summed E-state index contributed by atoms with van der Waals surface area (Å²) in [6, 6.07) is 4.06. The first-order chi connectivity index (χ1) is 11.0. The first-order valence-corrected chi connectivity index (χ1v) is 8.99. The van der Waals surface area contributed by atoms with Crippen molar-refractivity contribution < 1.29 is 14.6 Å². The van der Waals surface area contributed by atoms with E-state index in [1.807, 2.05) is 12.1 Å². The lowest BCUT2D eigenvalue weighted by Gasteiger charge is -2.28. The molecule has 0 spiro atoms. The molecule has 1 rings (SSSR count). The fraction of sp³-hybridized carbons (Fsp3) is 0.696. The zero-order valence-electron chi connectivity index (χ0n) is 16.5. The van der Waals surface area contributed by atoms with Crippen LogP contribution in [-0.4, -0.2) is 17.7 Å². The third-order valence-electron chi connectivity index (χ3n) is 4.16. The van der Waals surface area contributed by atoms with Crippen LogP contribution in [-0.2, 0) is 26.8 Å². The Morgan fingerprint density at radius 1 is 1.00 bits per heavy atom. The lowest BCUT2D eigenvalue weighted by atomic mass is 9.78. The SMILES string of the molecule is C.C.CCCCOC(=O)CCc1cc(C(C)(C)C)c(O)c(C(C)(C)C)c1. The van der Waals surface area contributed by atoms with Gasteiger partial charge in [0.25, 0.3) is 0 Å². The smallest absolute Gasteiger partial charge is 0.306 e. The van der Waals surface area contributed by atoms with E-state index in [9.17, 15) is 9.90 Å². The van der Waals surface area contributed by atoms with Crippen molar-refractivity contribution >= 4 is 5.97 Å². The van der Waals surface area contributed by atoms with Crippen LogP contribution >= 0.6 is 0 Å². The van der Waals surface area contributed by atoms with Gasteiger partial charge in [-0.05, 0) is 40.4 Å². The molecule has 0 saturated heterocycles. The van der Waals surface area contributed by atoms with Gasteiger partial charge in [0.2, 0.25) is 0 Å². The summed E-state index contributed by atoms with van der Waals surface area (Å²) >= 11 is 0. The van der Waals surface area contributed by atoms with Crippen molar-refractivity contribution in [2.75, 3.05) is 6.61 Å². The molecule has 26 heavy (non-hydrogen) atoms. The third-order valence-corrected chi connectivity index (χ3v) is 4.16. The highest BCUT2D eigenvalue weighted by molar-refractivity contribution is 5.69. The number of hydrogen-bond donors (Lipinski definition) is 1. The monoisotopic (exact) mass is 366 g/mol. The predicted octanol–water partition coefficient (Wildman–Crippen LogP) is 6.54. The van der Waals surface area contributed by atoms with Crippen molar-refractivity contribution in [2.45, 2.75) is 99.8 Å². The lowest BCUT2D eigenvalue weighted by molar-refractivity contribution is -0.143. The highest BCUT2D eigenvalue weighted by Crippen LogP contribution is 2.39. The van der Waals surface area contributed by atoms with Crippen molar-refractivity contribution in [3.8, 4) is 5.75 Å². The van der Waals surface area contributed by atoms with Gasteiger partial charge < -0.3 is 9.84 Å². The summed E-state index contributed by atoms with van der Waals surface area (Å²) in [5, 5.41) is 10.7. The molecule has 1 aromatic carbocycles. The first kappa shape index (κ1) is 26.7. The number of unbranched alkanes of at least 4 members (excludes halogenated alkanes) is 1. The van der Waals surface area contributed by atoms with Crippen LogP contribution in [0.1, 0.15) is 99.3 Å². The van der Waals surface area contributed by atoms with Crippen LogP contribution in [0.4, 0.5) is 0 Å². The van der Waals surface area contributed by atoms with Gasteiger partial charge in [0.05, 0.1) is 6.61 Å². The van der Waals surface area contributed by atoms with Crippen molar-refractivity contribution in [1.29, 1.82) is 0 Å². The highest BCUT2D eigenvalue weighted by Gasteiger charge is 2.26. The molecule has 0 unspecified atom stereocenters. The van der Waals surface area contributed by atoms with Crippen LogP contribution in [0.25, 0.3) is 0 Å². The number of benzene rings is 1. The second kappa shape index (κ2) is 10.6. The number of esters is 1. The summed E-state index contributed by atoms with van der Waals surface area (Å²) in [7, 11) is 0. The van der Waals surface area contributed by atoms with Crippen LogP contribution < -0.4 is 0 Å². The average molecular weight is 367 g/mol. The molecule has 0 fully saturated rings. The topological polar surface area (TPSA) is 46.5 Å². The number of carbonyl (C=O) groups excluding carboxylic acids is 1. The molecule has 0 heterocycles. The number of ether oxygens (including phenoxy) is 1. The number of aryl methyl sites for hydroxylation is 1. The molecule has 152 valence electrons. The first-order valence-electron chi connectivity index (χ1n) is 8.99. The molecule has 0 saturated carbocycles. The molecular formula is C23H42O3. The van der Waals surface area contributed by atoms with Gasteiger partial charge in [0, 0.05) is 6.42 Å². The molecule has 0 radical (unpaired) electrons. The predicted molar refractivity (Wildman–Crippen MR) is 113 cm³/mol. The van der Waals surface area contributed by atoms with Crippen molar-refractivity contribution in [1.82, 2.24) is 0 Å². The van der Waals surface area contributed by atoms with E-state index < -0.39 is 0 Å². The van der Waals surface area contributed by atoms with E-state index in [2.05, 4.69) is 48.5 Å². The van der Waals surface area contributed by atoms with Crippen molar-refractivity contribution in [3.63, 3.8) is 0 Å². The minimum atomic E-state index is -0.151. The Morgan fingerprint density at radius 2 is 1.46 bits per heavy atom. The number of phenolic OH excluding ortho intramolecular Hbond substituents is 1. The molecular weight excluding hydrogens is 324 g/mol. The molecule has 0 bridgehead atoms. The van der Waals surface area contributed by atoms with Crippen LogP contribution in [0.15, 0.2) is 12.1 Å². The maximum atomic E-state index is 11.9. The van der Waals surface area contributed by atoms with Gasteiger partial charge in [-0.2, -0.15) is 0 Å². The van der Waals surface area contributed by atoms with Gasteiger partial charge in [-0.1, -0.05) is 81.9 Å². The summed E-state index contributed by atoms with van der Waals surface area (Å²) in [4.78, 5) is 11.9. The molecule has 0 aliphatic heterocycles. The van der Waals surface area contributed by atoms with Crippen molar-refractivity contribution in [3.05, 3.63) is 28.8 Å². The Bertz CT molecular complexity index is 525. The number of carbonyl (C=O) groups is 1. The maximum absolute atomic E-state index is 11.9. The van der Waals surface area contributed by atoms with Gasteiger partial charge in [-0.3, -0.25) is 4.79 Å². The standard InChI is InChI=1S/C21H34O3.2CH4/c1-8-9-12-24-18(22)11-10-15-13-16(20(2,3)4)19(23)17(14-15)21(5,6)7;;/h13-14,23H,8-12H2,1-7H3;2*1H4. The van der Waals surface area contributed by atoms with Crippen LogP contribution in [0.2, 0.25) is 0 Å². The van der Waals surface area contributed by atoms with Gasteiger partial charge in [-0.15, -0.1) is 0 Å². The third kappa shape index (κ3) is 7.80. The van der Waals surface area contributed by atoms with E-state index in [1.54, 1.807) is 0 Å². The molecule has 3 heteroatoms. The van der Waals surface area contributed by atoms with Gasteiger partial charge in [0.15, 0.2) is 0 Å². The molecule has 1 aromatic rings. The largest absolute Gasteiger partial charge is 0.507 e. The summed E-state index contributed by atoms with van der Waals surface area (Å²) < 4.78 is 5.23. The van der Waals surface area contributed by atoms with E-state index in [1.165, 1.54) is 0 Å². The van der Waals surface area contributed by atoms with Gasteiger partial charge in [-0.25, -0.2) is 0 Å². The molecule has 3 nitrogen and oxygen atoms in total. The molecule has 0 aliphatic rings. The summed E-state index contributed by atoms with van der Waals surface area (Å²) in [5.74, 6) is 0.232. The zero-order chi connectivity index (χ0) is 18.5. The fourth-order valence-corrected chi connectivity index (χ4v) is 2.63. The Balaban J connectivity index is 0. The molecule has 0 aliphatic carbocycles. The molecule has 1 N–H and O–H groups in total. The fourth-order valence-electron chi connectivity index (χ4n) is 2.63. The molecule has 0 amide bonds. The Kier molecular flexibility index (Phi) is 10.9. The summed E-state index contributed by atoms with van der Waals surface area (Å²) in [6.45, 7) is 15.1. The zero-order valence-corrected chi connectivity index (χ0v) is 16.5. The Morgan fingerprint density at radius 3 is 1.85 bits per heavy atom. The average Bonchev–Trinajstić information content (AvgIpc) is 2.44. The maximum Gasteiger partial charge on any atom is 0.306 e. The summed E-state index contributed by atoms with van der Waals surface area (Å²) in [6.07, 6.45) is 2.95. The van der Waals surface area contributed by atoms with Gasteiger partial charge >= 0.3 is 5.97 Å². The van der Waals surface area contributed by atoms with Crippen LogP contribution in [0.5, 0.6) is 5.75 Å². The second-order valence-corrected chi connectivity index (χ2v) is 8.61. The van der Waals surface area contributed by atoms with E-state index >= 15 is 0 Å². The second-order valence-electron chi connectivity index (χ2n) is 8.61. The van der Waals surface area contributed by atoms with E-state index in [4.69, 9.17) is 4.74 Å². The number of rotatable bonds is 6. The highest BCUT2D eigenvalue weighted by atomic mass is 16.5. The molecule has 0 aromatic heterocycles. The normalized spacial score (nSPS) is 11.3. The van der Waals surface area contributed by atoms with Crippen molar-refractivity contribution in [2.24, 2.45) is 0 Å². The van der Waals surface area contributed by atoms with Crippen LogP contribution in [0, 0.1) is 0 Å². The van der Waals surface area contributed by atoms with E-state index in [0.29, 0.717) is 25.2 Å². The molecule has 0 atom stereocenters. The Labute approximate surface area is 162 Å². The minimum absolute atomic E-state index is 0.